The lowest BCUT2D eigenvalue weighted by Gasteiger charge is -2.07. The first-order chi connectivity index (χ1) is 9.25. The lowest BCUT2D eigenvalue weighted by Crippen LogP contribution is -2.02. The highest BCUT2D eigenvalue weighted by atomic mass is 32.1. The van der Waals surface area contributed by atoms with Gasteiger partial charge < -0.3 is 4.74 Å². The first-order valence-corrected chi connectivity index (χ1v) is 6.74. The Morgan fingerprint density at radius 3 is 2.84 bits per heavy atom. The summed E-state index contributed by atoms with van der Waals surface area (Å²) in [5.74, 6) is 0.267. The van der Waals surface area contributed by atoms with Gasteiger partial charge in [-0.3, -0.25) is 4.79 Å². The SMILES string of the molecule is CC(=O)Oc1ccccc1-c1csc2ncccc12. The number of hydrogen-bond donors (Lipinski definition) is 0. The van der Waals surface area contributed by atoms with Crippen LogP contribution in [-0.4, -0.2) is 11.0 Å². The Balaban J connectivity index is 2.19. The van der Waals surface area contributed by atoms with Crippen molar-refractivity contribution in [1.82, 2.24) is 4.98 Å². The largest absolute Gasteiger partial charge is 0.426 e. The van der Waals surface area contributed by atoms with Crippen molar-refractivity contribution in [2.75, 3.05) is 0 Å². The lowest BCUT2D eigenvalue weighted by atomic mass is 10.1. The molecule has 0 atom stereocenters. The maximum Gasteiger partial charge on any atom is 0.308 e. The number of benzene rings is 1. The topological polar surface area (TPSA) is 39.2 Å². The molecule has 4 heteroatoms. The molecule has 0 spiro atoms. The van der Waals surface area contributed by atoms with Crippen LogP contribution in [0.3, 0.4) is 0 Å². The van der Waals surface area contributed by atoms with E-state index >= 15 is 0 Å². The first kappa shape index (κ1) is 11.9. The van der Waals surface area contributed by atoms with Crippen LogP contribution >= 0.6 is 11.3 Å². The average molecular weight is 269 g/mol. The van der Waals surface area contributed by atoms with Crippen molar-refractivity contribution >= 4 is 27.5 Å². The number of para-hydroxylation sites is 1. The van der Waals surface area contributed by atoms with E-state index in [9.17, 15) is 4.79 Å². The molecular formula is C15H11NO2S. The summed E-state index contributed by atoms with van der Waals surface area (Å²) in [6.07, 6.45) is 1.78. The number of carbonyl (C=O) groups excluding carboxylic acids is 1. The monoisotopic (exact) mass is 269 g/mol. The second kappa shape index (κ2) is 4.82. The second-order valence-electron chi connectivity index (χ2n) is 4.10. The molecule has 19 heavy (non-hydrogen) atoms. The average Bonchev–Trinajstić information content (AvgIpc) is 2.82. The Hall–Kier alpha value is -2.20. The summed E-state index contributed by atoms with van der Waals surface area (Å²) in [6.45, 7) is 1.41. The highest BCUT2D eigenvalue weighted by molar-refractivity contribution is 7.17. The maximum absolute atomic E-state index is 11.2. The summed E-state index contributed by atoms with van der Waals surface area (Å²) in [7, 11) is 0. The van der Waals surface area contributed by atoms with Gasteiger partial charge in [0, 0.05) is 35.0 Å². The van der Waals surface area contributed by atoms with Gasteiger partial charge in [-0.05, 0) is 18.2 Å². The molecule has 0 amide bonds. The molecule has 2 heterocycles. The molecule has 0 aliphatic rings. The molecule has 1 aromatic carbocycles. The Morgan fingerprint density at radius 2 is 2.00 bits per heavy atom. The van der Waals surface area contributed by atoms with E-state index in [1.807, 2.05) is 35.7 Å². The van der Waals surface area contributed by atoms with E-state index in [1.165, 1.54) is 6.92 Å². The van der Waals surface area contributed by atoms with Crippen LogP contribution < -0.4 is 4.74 Å². The third-order valence-electron chi connectivity index (χ3n) is 2.78. The van der Waals surface area contributed by atoms with Gasteiger partial charge in [0.05, 0.1) is 0 Å². The van der Waals surface area contributed by atoms with E-state index in [2.05, 4.69) is 4.98 Å². The molecule has 0 aliphatic heterocycles. The van der Waals surface area contributed by atoms with E-state index in [0.29, 0.717) is 5.75 Å². The lowest BCUT2D eigenvalue weighted by molar-refractivity contribution is -0.131. The van der Waals surface area contributed by atoms with Crippen LogP contribution in [0.15, 0.2) is 48.0 Å². The molecule has 0 fully saturated rings. The number of esters is 1. The van der Waals surface area contributed by atoms with Gasteiger partial charge in [0.2, 0.25) is 0 Å². The van der Waals surface area contributed by atoms with E-state index in [-0.39, 0.29) is 5.97 Å². The highest BCUT2D eigenvalue weighted by Gasteiger charge is 2.12. The van der Waals surface area contributed by atoms with E-state index in [4.69, 9.17) is 4.74 Å². The molecule has 0 saturated heterocycles. The summed E-state index contributed by atoms with van der Waals surface area (Å²) in [6, 6.07) is 11.5. The molecule has 0 N–H and O–H groups in total. The Labute approximate surface area is 114 Å². The number of rotatable bonds is 2. The molecule has 94 valence electrons. The summed E-state index contributed by atoms with van der Waals surface area (Å²) < 4.78 is 5.26. The van der Waals surface area contributed by atoms with Crippen LogP contribution in [0.2, 0.25) is 0 Å². The zero-order valence-corrected chi connectivity index (χ0v) is 11.1. The second-order valence-corrected chi connectivity index (χ2v) is 4.95. The van der Waals surface area contributed by atoms with Crippen molar-refractivity contribution in [2.24, 2.45) is 0 Å². The van der Waals surface area contributed by atoms with Gasteiger partial charge in [-0.1, -0.05) is 18.2 Å². The molecule has 2 aromatic heterocycles. The molecule has 3 nitrogen and oxygen atoms in total. The van der Waals surface area contributed by atoms with Crippen LogP contribution in [0.25, 0.3) is 21.3 Å². The first-order valence-electron chi connectivity index (χ1n) is 5.86. The van der Waals surface area contributed by atoms with E-state index < -0.39 is 0 Å². The van der Waals surface area contributed by atoms with Crippen LogP contribution in [0.5, 0.6) is 5.75 Å². The molecule has 0 aliphatic carbocycles. The zero-order chi connectivity index (χ0) is 13.2. The van der Waals surface area contributed by atoms with E-state index in [0.717, 1.165) is 21.3 Å². The van der Waals surface area contributed by atoms with Crippen molar-refractivity contribution in [3.8, 4) is 16.9 Å². The van der Waals surface area contributed by atoms with Crippen LogP contribution in [-0.2, 0) is 4.79 Å². The standard InChI is InChI=1S/C15H11NO2S/c1-10(17)18-14-7-3-2-5-11(14)13-9-19-15-12(13)6-4-8-16-15/h2-9H,1H3. The Morgan fingerprint density at radius 1 is 1.16 bits per heavy atom. The van der Waals surface area contributed by atoms with Crippen molar-refractivity contribution in [3.63, 3.8) is 0 Å². The highest BCUT2D eigenvalue weighted by Crippen LogP contribution is 2.37. The number of nitrogens with zero attached hydrogens (tertiary/aromatic N) is 1. The van der Waals surface area contributed by atoms with Crippen LogP contribution in [0.4, 0.5) is 0 Å². The molecule has 0 bridgehead atoms. The van der Waals surface area contributed by atoms with Gasteiger partial charge in [0.25, 0.3) is 0 Å². The van der Waals surface area contributed by atoms with Gasteiger partial charge in [-0.25, -0.2) is 4.98 Å². The predicted octanol–water partition coefficient (Wildman–Crippen LogP) is 3.89. The normalized spacial score (nSPS) is 10.6. The number of carbonyl (C=O) groups is 1. The number of pyridine rings is 1. The molecular weight excluding hydrogens is 258 g/mol. The zero-order valence-electron chi connectivity index (χ0n) is 10.3. The van der Waals surface area contributed by atoms with Crippen molar-refractivity contribution < 1.29 is 9.53 Å². The van der Waals surface area contributed by atoms with Gasteiger partial charge in [0.1, 0.15) is 10.6 Å². The third kappa shape index (κ3) is 2.22. The summed E-state index contributed by atoms with van der Waals surface area (Å²) in [5, 5.41) is 3.12. The smallest absolute Gasteiger partial charge is 0.308 e. The van der Waals surface area contributed by atoms with Gasteiger partial charge in [-0.2, -0.15) is 0 Å². The van der Waals surface area contributed by atoms with Crippen molar-refractivity contribution in [1.29, 1.82) is 0 Å². The number of aromatic nitrogens is 1. The molecule has 0 radical (unpaired) electrons. The number of fused-ring (bicyclic) bond motifs is 1. The van der Waals surface area contributed by atoms with Gasteiger partial charge in [-0.15, -0.1) is 11.3 Å². The fourth-order valence-corrected chi connectivity index (χ4v) is 2.92. The van der Waals surface area contributed by atoms with E-state index in [1.54, 1.807) is 23.6 Å². The maximum atomic E-state index is 11.2. The minimum Gasteiger partial charge on any atom is -0.426 e. The molecule has 0 unspecified atom stereocenters. The molecule has 0 saturated carbocycles. The third-order valence-corrected chi connectivity index (χ3v) is 3.68. The van der Waals surface area contributed by atoms with Crippen LogP contribution in [0, 0.1) is 0 Å². The van der Waals surface area contributed by atoms with Crippen LogP contribution in [0.1, 0.15) is 6.92 Å². The number of thiophene rings is 1. The predicted molar refractivity (Wildman–Crippen MR) is 76.4 cm³/mol. The summed E-state index contributed by atoms with van der Waals surface area (Å²) in [4.78, 5) is 16.5. The van der Waals surface area contributed by atoms with Gasteiger partial charge in [0.15, 0.2) is 0 Å². The summed E-state index contributed by atoms with van der Waals surface area (Å²) in [5.41, 5.74) is 1.96. The molecule has 3 aromatic rings. The van der Waals surface area contributed by atoms with Gasteiger partial charge >= 0.3 is 5.97 Å². The van der Waals surface area contributed by atoms with Crippen molar-refractivity contribution in [2.45, 2.75) is 6.92 Å². The fourth-order valence-electron chi connectivity index (χ4n) is 2.01. The number of ether oxygens (including phenoxy) is 1. The Kier molecular flexibility index (Phi) is 3.01. The summed E-state index contributed by atoms with van der Waals surface area (Å²) >= 11 is 1.58. The fraction of sp³-hybridized carbons (Fsp3) is 0.0667. The number of hydrogen-bond acceptors (Lipinski definition) is 4. The Bertz CT molecular complexity index is 748. The molecule has 3 rings (SSSR count). The minimum absolute atomic E-state index is 0.315. The quantitative estimate of drug-likeness (QED) is 0.523. The minimum atomic E-state index is -0.315. The van der Waals surface area contributed by atoms with Crippen molar-refractivity contribution in [3.05, 3.63) is 48.0 Å².